The lowest BCUT2D eigenvalue weighted by molar-refractivity contribution is -0.137. The first-order chi connectivity index (χ1) is 13.1. The Hall–Kier alpha value is -2.68. The average molecular weight is 408 g/mol. The molecule has 1 N–H and O–H groups in total. The quantitative estimate of drug-likeness (QED) is 0.683. The van der Waals surface area contributed by atoms with Gasteiger partial charge in [0.2, 0.25) is 0 Å². The van der Waals surface area contributed by atoms with Gasteiger partial charge in [0.1, 0.15) is 10.7 Å². The Labute approximate surface area is 164 Å². The molecule has 1 atom stereocenters. The number of carbonyl (C=O) groups is 1. The van der Waals surface area contributed by atoms with Crippen molar-refractivity contribution in [2.24, 2.45) is 7.05 Å². The molecule has 0 fully saturated rings. The predicted octanol–water partition coefficient (Wildman–Crippen LogP) is 4.67. The van der Waals surface area contributed by atoms with Crippen molar-refractivity contribution in [2.75, 3.05) is 0 Å². The number of rotatable bonds is 4. The highest BCUT2D eigenvalue weighted by molar-refractivity contribution is 7.13. The molecule has 9 heteroatoms. The van der Waals surface area contributed by atoms with E-state index in [0.29, 0.717) is 10.6 Å². The van der Waals surface area contributed by atoms with Gasteiger partial charge in [0.25, 0.3) is 5.91 Å². The van der Waals surface area contributed by atoms with Crippen molar-refractivity contribution in [1.82, 2.24) is 20.1 Å². The Morgan fingerprint density at radius 1 is 1.29 bits per heavy atom. The summed E-state index contributed by atoms with van der Waals surface area (Å²) in [4.78, 5) is 16.8. The number of aryl methyl sites for hydroxylation is 2. The van der Waals surface area contributed by atoms with Crippen molar-refractivity contribution in [3.63, 3.8) is 0 Å². The zero-order valence-corrected chi connectivity index (χ0v) is 16.6. The second-order valence-electron chi connectivity index (χ2n) is 6.52. The summed E-state index contributed by atoms with van der Waals surface area (Å²) in [7, 11) is 1.84. The van der Waals surface area contributed by atoms with Crippen LogP contribution in [-0.2, 0) is 13.2 Å². The van der Waals surface area contributed by atoms with E-state index in [4.69, 9.17) is 0 Å². The van der Waals surface area contributed by atoms with Crippen molar-refractivity contribution in [3.8, 4) is 10.6 Å². The van der Waals surface area contributed by atoms with Crippen LogP contribution in [0.15, 0.2) is 29.6 Å². The number of benzene rings is 1. The smallest absolute Gasteiger partial charge is 0.344 e. The van der Waals surface area contributed by atoms with Crippen LogP contribution in [0.1, 0.15) is 46.0 Å². The van der Waals surface area contributed by atoms with Crippen molar-refractivity contribution in [3.05, 3.63) is 57.9 Å². The van der Waals surface area contributed by atoms with Gasteiger partial charge in [0, 0.05) is 29.2 Å². The summed E-state index contributed by atoms with van der Waals surface area (Å²) in [5.41, 5.74) is 2.46. The molecule has 3 rings (SSSR count). The molecule has 0 bridgehead atoms. The first kappa shape index (κ1) is 20.1. The van der Waals surface area contributed by atoms with Crippen LogP contribution in [0.4, 0.5) is 13.2 Å². The molecule has 3 aromatic rings. The molecule has 0 aliphatic carbocycles. The zero-order chi connectivity index (χ0) is 20.6. The van der Waals surface area contributed by atoms with Crippen LogP contribution < -0.4 is 5.32 Å². The zero-order valence-electron chi connectivity index (χ0n) is 15.8. The maximum Gasteiger partial charge on any atom is 0.416 e. The van der Waals surface area contributed by atoms with Crippen LogP contribution in [0.3, 0.4) is 0 Å². The van der Waals surface area contributed by atoms with Gasteiger partial charge in [0.15, 0.2) is 0 Å². The van der Waals surface area contributed by atoms with E-state index in [1.807, 2.05) is 27.8 Å². The number of halogens is 3. The fourth-order valence-corrected chi connectivity index (χ4v) is 3.90. The number of aromatic nitrogens is 3. The number of alkyl halides is 3. The molecule has 0 spiro atoms. The van der Waals surface area contributed by atoms with Crippen LogP contribution in [0.2, 0.25) is 0 Å². The summed E-state index contributed by atoms with van der Waals surface area (Å²) in [6.07, 6.45) is -4.43. The highest BCUT2D eigenvalue weighted by Crippen LogP contribution is 2.33. The number of hydrogen-bond acceptors (Lipinski definition) is 4. The van der Waals surface area contributed by atoms with Gasteiger partial charge in [-0.25, -0.2) is 4.98 Å². The second-order valence-corrected chi connectivity index (χ2v) is 7.38. The normalized spacial score (nSPS) is 12.8. The van der Waals surface area contributed by atoms with Crippen molar-refractivity contribution in [1.29, 1.82) is 0 Å². The van der Waals surface area contributed by atoms with Crippen molar-refractivity contribution >= 4 is 17.2 Å². The molecule has 0 saturated heterocycles. The Morgan fingerprint density at radius 3 is 2.61 bits per heavy atom. The monoisotopic (exact) mass is 408 g/mol. The van der Waals surface area contributed by atoms with Crippen molar-refractivity contribution < 1.29 is 18.0 Å². The SMILES string of the molecule is Cc1nn(C)c(C)c1C(C)NC(=O)c1csc(-c2cccc(C(F)(F)F)c2)n1. The van der Waals surface area contributed by atoms with Crippen LogP contribution in [0, 0.1) is 13.8 Å². The third kappa shape index (κ3) is 3.94. The molecule has 0 radical (unpaired) electrons. The van der Waals surface area contributed by atoms with E-state index in [2.05, 4.69) is 15.4 Å². The molecule has 0 aliphatic heterocycles. The van der Waals surface area contributed by atoms with E-state index in [1.165, 1.54) is 6.07 Å². The van der Waals surface area contributed by atoms with Gasteiger partial charge >= 0.3 is 6.18 Å². The standard InChI is InChI=1S/C19H19F3N4OS/c1-10(16-11(2)25-26(4)12(16)3)23-17(27)15-9-28-18(24-15)13-6-5-7-14(8-13)19(20,21)22/h5-10H,1-4H3,(H,23,27). The highest BCUT2D eigenvalue weighted by Gasteiger charge is 2.30. The van der Waals surface area contributed by atoms with E-state index in [-0.39, 0.29) is 17.6 Å². The number of amides is 1. The number of nitrogens with one attached hydrogen (secondary N) is 1. The van der Waals surface area contributed by atoms with Crippen molar-refractivity contribution in [2.45, 2.75) is 33.0 Å². The average Bonchev–Trinajstić information content (AvgIpc) is 3.20. The van der Waals surface area contributed by atoms with E-state index >= 15 is 0 Å². The minimum atomic E-state index is -4.43. The number of thiazole rings is 1. The predicted molar refractivity (Wildman–Crippen MR) is 101 cm³/mol. The Kier molecular flexibility index (Phi) is 5.29. The summed E-state index contributed by atoms with van der Waals surface area (Å²) in [6.45, 7) is 5.65. The maximum atomic E-state index is 12.9. The fraction of sp³-hybridized carbons (Fsp3) is 0.316. The van der Waals surface area contributed by atoms with E-state index < -0.39 is 11.7 Å². The van der Waals surface area contributed by atoms with E-state index in [9.17, 15) is 18.0 Å². The lowest BCUT2D eigenvalue weighted by atomic mass is 10.1. The molecule has 148 valence electrons. The first-order valence-electron chi connectivity index (χ1n) is 8.52. The van der Waals surface area contributed by atoms with Crippen LogP contribution in [0.25, 0.3) is 10.6 Å². The Morgan fingerprint density at radius 2 is 2.00 bits per heavy atom. The molecule has 2 heterocycles. The summed E-state index contributed by atoms with van der Waals surface area (Å²) in [5, 5.41) is 9.12. The molecule has 28 heavy (non-hydrogen) atoms. The van der Waals surface area contributed by atoms with Crippen LogP contribution >= 0.6 is 11.3 Å². The number of carbonyl (C=O) groups excluding carboxylic acids is 1. The third-order valence-corrected chi connectivity index (χ3v) is 5.41. The van der Waals surface area contributed by atoms with Gasteiger partial charge in [-0.3, -0.25) is 9.48 Å². The largest absolute Gasteiger partial charge is 0.416 e. The summed E-state index contributed by atoms with van der Waals surface area (Å²) < 4.78 is 40.5. The van der Waals surface area contributed by atoms with Gasteiger partial charge in [-0.1, -0.05) is 12.1 Å². The lowest BCUT2D eigenvalue weighted by Gasteiger charge is -2.14. The van der Waals surface area contributed by atoms with Crippen LogP contribution in [0.5, 0.6) is 0 Å². The molecular formula is C19H19F3N4OS. The van der Waals surface area contributed by atoms with Gasteiger partial charge in [0.05, 0.1) is 17.3 Å². The van der Waals surface area contributed by atoms with E-state index in [1.54, 1.807) is 16.1 Å². The molecular weight excluding hydrogens is 389 g/mol. The molecule has 0 aliphatic rings. The summed E-state index contributed by atoms with van der Waals surface area (Å²) in [5.74, 6) is -0.385. The maximum absolute atomic E-state index is 12.9. The molecule has 0 saturated carbocycles. The second kappa shape index (κ2) is 7.38. The lowest BCUT2D eigenvalue weighted by Crippen LogP contribution is -2.27. The minimum absolute atomic E-state index is 0.170. The first-order valence-corrected chi connectivity index (χ1v) is 9.40. The Balaban J connectivity index is 1.79. The number of hydrogen-bond donors (Lipinski definition) is 1. The summed E-state index contributed by atoms with van der Waals surface area (Å²) >= 11 is 1.13. The van der Waals surface area contributed by atoms with Gasteiger partial charge in [-0.05, 0) is 32.9 Å². The Bertz CT molecular complexity index is 1020. The molecule has 5 nitrogen and oxygen atoms in total. The fourth-order valence-electron chi connectivity index (χ4n) is 3.10. The third-order valence-electron chi connectivity index (χ3n) is 4.52. The summed E-state index contributed by atoms with van der Waals surface area (Å²) in [6, 6.07) is 4.63. The topological polar surface area (TPSA) is 59.8 Å². The van der Waals surface area contributed by atoms with Gasteiger partial charge < -0.3 is 5.32 Å². The molecule has 1 amide bonds. The van der Waals surface area contributed by atoms with Crippen LogP contribution in [-0.4, -0.2) is 20.7 Å². The minimum Gasteiger partial charge on any atom is -0.344 e. The molecule has 2 aromatic heterocycles. The molecule has 1 unspecified atom stereocenters. The highest BCUT2D eigenvalue weighted by atomic mass is 32.1. The molecule has 1 aromatic carbocycles. The van der Waals surface area contributed by atoms with Gasteiger partial charge in [-0.2, -0.15) is 18.3 Å². The van der Waals surface area contributed by atoms with E-state index in [0.717, 1.165) is 40.4 Å². The number of nitrogens with zero attached hydrogens (tertiary/aromatic N) is 3. The van der Waals surface area contributed by atoms with Gasteiger partial charge in [-0.15, -0.1) is 11.3 Å².